The number of piperidine rings is 1. The molecule has 0 aromatic heterocycles. The second-order valence-corrected chi connectivity index (χ2v) is 8.61. The Balaban J connectivity index is 0.00000161. The van der Waals surface area contributed by atoms with E-state index in [2.05, 4.69) is 21.2 Å². The molecule has 2 aliphatic heterocycles. The minimum absolute atomic E-state index is 0. The smallest absolute Gasteiger partial charge is 0.243 e. The van der Waals surface area contributed by atoms with Gasteiger partial charge in [0.05, 0.1) is 9.92 Å². The van der Waals surface area contributed by atoms with Crippen molar-refractivity contribution in [1.82, 2.24) is 9.62 Å². The highest BCUT2D eigenvalue weighted by molar-refractivity contribution is 9.10. The van der Waals surface area contributed by atoms with E-state index in [1.165, 1.54) is 0 Å². The monoisotopic (exact) mass is 414 g/mol. The number of fused-ring (bicyclic) bond motifs is 1. The van der Waals surface area contributed by atoms with Gasteiger partial charge in [0.25, 0.3) is 0 Å². The topological polar surface area (TPSA) is 49.4 Å². The van der Waals surface area contributed by atoms with Crippen molar-refractivity contribution in [3.63, 3.8) is 0 Å². The predicted molar refractivity (Wildman–Crippen MR) is 89.6 cm³/mol. The molecule has 1 aromatic carbocycles. The van der Waals surface area contributed by atoms with Gasteiger partial charge in [0.1, 0.15) is 0 Å². The van der Waals surface area contributed by atoms with Crippen molar-refractivity contribution in [3.8, 4) is 0 Å². The summed E-state index contributed by atoms with van der Waals surface area (Å²) < 4.78 is 27.6. The second-order valence-electron chi connectivity index (χ2n) is 5.41. The normalized spacial score (nSPS) is 26.2. The minimum atomic E-state index is -3.42. The molecule has 2 saturated heterocycles. The van der Waals surface area contributed by atoms with Gasteiger partial charge in [-0.25, -0.2) is 8.42 Å². The largest absolute Gasteiger partial charge is 0.316 e. The Hall–Kier alpha value is 0.150. The number of nitrogens with one attached hydrogen (secondary N) is 1. The maximum Gasteiger partial charge on any atom is 0.243 e. The van der Waals surface area contributed by atoms with E-state index in [4.69, 9.17) is 11.6 Å². The van der Waals surface area contributed by atoms with Crippen LogP contribution in [0.25, 0.3) is 0 Å². The van der Waals surface area contributed by atoms with Crippen LogP contribution >= 0.6 is 39.9 Å². The molecular weight excluding hydrogens is 399 g/mol. The molecule has 0 spiro atoms. The highest BCUT2D eigenvalue weighted by Crippen LogP contribution is 2.32. The van der Waals surface area contributed by atoms with Crippen LogP contribution in [-0.4, -0.2) is 38.9 Å². The molecule has 21 heavy (non-hydrogen) atoms. The van der Waals surface area contributed by atoms with Gasteiger partial charge in [-0.3, -0.25) is 0 Å². The molecule has 8 heteroatoms. The number of benzene rings is 1. The maximum absolute atomic E-state index is 12.7. The minimum Gasteiger partial charge on any atom is -0.316 e. The Morgan fingerprint density at radius 3 is 2.71 bits per heavy atom. The van der Waals surface area contributed by atoms with Gasteiger partial charge in [0.2, 0.25) is 10.0 Å². The molecule has 2 aliphatic rings. The molecule has 0 amide bonds. The van der Waals surface area contributed by atoms with Crippen LogP contribution in [0.4, 0.5) is 0 Å². The molecular formula is C13H17BrCl2N2O2S. The van der Waals surface area contributed by atoms with Crippen LogP contribution in [-0.2, 0) is 10.0 Å². The zero-order valence-corrected chi connectivity index (χ0v) is 15.2. The second kappa shape index (κ2) is 6.72. The molecule has 0 bridgehead atoms. The molecule has 0 saturated carbocycles. The zero-order valence-electron chi connectivity index (χ0n) is 11.3. The standard InChI is InChI=1S/C13H16BrClN2O2S.ClH/c14-12-5-11(1-2-13(12)15)20(18,19)17-4-3-9-6-16-7-10(9)8-17;/h1-2,5,9-10,16H,3-4,6-8H2;1H. The molecule has 2 fully saturated rings. The van der Waals surface area contributed by atoms with Gasteiger partial charge >= 0.3 is 0 Å². The Bertz CT molecular complexity index is 627. The van der Waals surface area contributed by atoms with Gasteiger partial charge in [-0.1, -0.05) is 11.6 Å². The van der Waals surface area contributed by atoms with Gasteiger partial charge in [-0.15, -0.1) is 12.4 Å². The van der Waals surface area contributed by atoms with E-state index in [1.807, 2.05) is 0 Å². The lowest BCUT2D eigenvalue weighted by Gasteiger charge is -2.33. The zero-order chi connectivity index (χ0) is 14.3. The molecule has 118 valence electrons. The summed E-state index contributed by atoms with van der Waals surface area (Å²) >= 11 is 9.21. The number of hydrogen-bond acceptors (Lipinski definition) is 3. The number of nitrogens with zero attached hydrogens (tertiary/aromatic N) is 1. The SMILES string of the molecule is Cl.O=S(=O)(c1ccc(Cl)c(Br)c1)N1CCC2CNCC2C1. The Morgan fingerprint density at radius 1 is 1.29 bits per heavy atom. The first-order chi connectivity index (χ1) is 9.48. The van der Waals surface area contributed by atoms with Crippen LogP contribution < -0.4 is 5.32 Å². The van der Waals surface area contributed by atoms with Crippen molar-refractivity contribution in [3.05, 3.63) is 27.7 Å². The molecule has 4 nitrogen and oxygen atoms in total. The summed E-state index contributed by atoms with van der Waals surface area (Å²) in [7, 11) is -3.42. The molecule has 3 rings (SSSR count). The molecule has 2 unspecified atom stereocenters. The van der Waals surface area contributed by atoms with Crippen molar-refractivity contribution in [2.45, 2.75) is 11.3 Å². The fourth-order valence-corrected chi connectivity index (χ4v) is 5.19. The number of sulfonamides is 1. The first-order valence-corrected chi connectivity index (χ1v) is 9.25. The van der Waals surface area contributed by atoms with Gasteiger partial charge in [0.15, 0.2) is 0 Å². The van der Waals surface area contributed by atoms with E-state index >= 15 is 0 Å². The summed E-state index contributed by atoms with van der Waals surface area (Å²) in [5.74, 6) is 1.06. The summed E-state index contributed by atoms with van der Waals surface area (Å²) in [4.78, 5) is 0.304. The summed E-state index contributed by atoms with van der Waals surface area (Å²) in [6.45, 7) is 3.15. The van der Waals surface area contributed by atoms with E-state index in [-0.39, 0.29) is 12.4 Å². The number of hydrogen-bond donors (Lipinski definition) is 1. The lowest BCUT2D eigenvalue weighted by atomic mass is 9.90. The van der Waals surface area contributed by atoms with Gasteiger partial charge in [-0.05, 0) is 65.5 Å². The third-order valence-corrected chi connectivity index (χ3v) is 7.27. The van der Waals surface area contributed by atoms with E-state index in [1.54, 1.807) is 22.5 Å². The first-order valence-electron chi connectivity index (χ1n) is 6.64. The highest BCUT2D eigenvalue weighted by atomic mass is 79.9. The van der Waals surface area contributed by atoms with Crippen LogP contribution in [0.1, 0.15) is 6.42 Å². The summed E-state index contributed by atoms with van der Waals surface area (Å²) in [6.07, 6.45) is 0.936. The van der Waals surface area contributed by atoms with E-state index in [9.17, 15) is 8.42 Å². The van der Waals surface area contributed by atoms with Gasteiger partial charge in [0, 0.05) is 17.6 Å². The summed E-state index contributed by atoms with van der Waals surface area (Å²) in [6, 6.07) is 4.76. The summed E-state index contributed by atoms with van der Waals surface area (Å²) in [5, 5.41) is 3.86. The van der Waals surface area contributed by atoms with Crippen molar-refractivity contribution in [2.75, 3.05) is 26.2 Å². The Kier molecular flexibility index (Phi) is 5.60. The van der Waals surface area contributed by atoms with Crippen LogP contribution in [0, 0.1) is 11.8 Å². The molecule has 1 aromatic rings. The number of rotatable bonds is 2. The fourth-order valence-electron chi connectivity index (χ4n) is 3.01. The van der Waals surface area contributed by atoms with Gasteiger partial charge < -0.3 is 5.32 Å². The lowest BCUT2D eigenvalue weighted by Crippen LogP contribution is -2.43. The summed E-state index contributed by atoms with van der Waals surface area (Å²) in [5.41, 5.74) is 0. The van der Waals surface area contributed by atoms with Crippen molar-refractivity contribution in [2.24, 2.45) is 11.8 Å². The average Bonchev–Trinajstić information content (AvgIpc) is 2.89. The van der Waals surface area contributed by atoms with Gasteiger partial charge in [-0.2, -0.15) is 4.31 Å². The van der Waals surface area contributed by atoms with Crippen molar-refractivity contribution < 1.29 is 8.42 Å². The van der Waals surface area contributed by atoms with E-state index in [0.29, 0.717) is 39.3 Å². The van der Waals surface area contributed by atoms with Crippen LogP contribution in [0.15, 0.2) is 27.6 Å². The van der Waals surface area contributed by atoms with Crippen molar-refractivity contribution >= 4 is 50.0 Å². The maximum atomic E-state index is 12.7. The molecule has 0 radical (unpaired) electrons. The molecule has 1 N–H and O–H groups in total. The van der Waals surface area contributed by atoms with Crippen LogP contribution in [0.2, 0.25) is 5.02 Å². The Morgan fingerprint density at radius 2 is 2.00 bits per heavy atom. The first kappa shape index (κ1) is 17.5. The molecule has 2 heterocycles. The quantitative estimate of drug-likeness (QED) is 0.807. The fraction of sp³-hybridized carbons (Fsp3) is 0.538. The molecule has 0 aliphatic carbocycles. The third-order valence-electron chi connectivity index (χ3n) is 4.20. The highest BCUT2D eigenvalue weighted by Gasteiger charge is 2.37. The van der Waals surface area contributed by atoms with Crippen LogP contribution in [0.3, 0.4) is 0 Å². The van der Waals surface area contributed by atoms with E-state index in [0.717, 1.165) is 19.5 Å². The number of halogens is 3. The predicted octanol–water partition coefficient (Wildman–Crippen LogP) is 2.75. The lowest BCUT2D eigenvalue weighted by molar-refractivity contribution is 0.228. The van der Waals surface area contributed by atoms with Crippen molar-refractivity contribution in [1.29, 1.82) is 0 Å². The molecule has 2 atom stereocenters. The Labute approximate surface area is 144 Å². The average molecular weight is 416 g/mol. The van der Waals surface area contributed by atoms with Crippen LogP contribution in [0.5, 0.6) is 0 Å². The third kappa shape index (κ3) is 3.41. The van der Waals surface area contributed by atoms with E-state index < -0.39 is 10.0 Å².